The second-order valence-electron chi connectivity index (χ2n) is 3.31. The van der Waals surface area contributed by atoms with Crippen molar-refractivity contribution >= 4 is 0 Å². The van der Waals surface area contributed by atoms with Gasteiger partial charge in [-0.2, -0.15) is 0 Å². The minimum absolute atomic E-state index is 0.0271. The van der Waals surface area contributed by atoms with Gasteiger partial charge in [-0.3, -0.25) is 0 Å². The number of aliphatic hydroxyl groups excluding tert-OH is 2. The van der Waals surface area contributed by atoms with Crippen LogP contribution in [0, 0.1) is 23.3 Å². The summed E-state index contributed by atoms with van der Waals surface area (Å²) in [5, 5.41) is 21.5. The quantitative estimate of drug-likeness (QED) is 0.286. The number of benzene rings is 1. The van der Waals surface area contributed by atoms with Crippen LogP contribution in [-0.4, -0.2) is 22.9 Å². The van der Waals surface area contributed by atoms with E-state index in [1.54, 1.807) is 0 Å². The van der Waals surface area contributed by atoms with Crippen molar-refractivity contribution in [1.82, 2.24) is 0 Å². The van der Waals surface area contributed by atoms with Crippen LogP contribution in [0.1, 0.15) is 11.7 Å². The first-order valence-electron chi connectivity index (χ1n) is 4.60. The van der Waals surface area contributed by atoms with E-state index in [1.165, 1.54) is 0 Å². The van der Waals surface area contributed by atoms with E-state index in [1.807, 2.05) is 0 Å². The van der Waals surface area contributed by atoms with Gasteiger partial charge in [-0.1, -0.05) is 5.11 Å². The van der Waals surface area contributed by atoms with E-state index in [-0.39, 0.29) is 6.07 Å². The molecule has 0 aliphatic heterocycles. The zero-order valence-corrected chi connectivity index (χ0v) is 8.69. The lowest BCUT2D eigenvalue weighted by Crippen LogP contribution is -2.24. The second kappa shape index (κ2) is 5.67. The van der Waals surface area contributed by atoms with Crippen molar-refractivity contribution < 1.29 is 27.8 Å². The molecular weight excluding hydrogens is 258 g/mol. The van der Waals surface area contributed by atoms with Gasteiger partial charge in [0.1, 0.15) is 6.10 Å². The molecule has 5 nitrogen and oxygen atoms in total. The second-order valence-corrected chi connectivity index (χ2v) is 3.31. The predicted octanol–water partition coefficient (Wildman–Crippen LogP) is 1.95. The molecule has 0 saturated carbocycles. The fourth-order valence-electron chi connectivity index (χ4n) is 1.26. The highest BCUT2D eigenvalue weighted by molar-refractivity contribution is 5.25. The predicted molar refractivity (Wildman–Crippen MR) is 51.3 cm³/mol. The zero-order chi connectivity index (χ0) is 13.9. The third kappa shape index (κ3) is 2.70. The van der Waals surface area contributed by atoms with Gasteiger partial charge < -0.3 is 10.2 Å². The van der Waals surface area contributed by atoms with E-state index in [9.17, 15) is 27.8 Å². The summed E-state index contributed by atoms with van der Waals surface area (Å²) < 4.78 is 52.1. The maximum Gasteiger partial charge on any atom is 0.167 e. The third-order valence-corrected chi connectivity index (χ3v) is 2.14. The molecule has 0 fully saturated rings. The maximum absolute atomic E-state index is 13.2. The van der Waals surface area contributed by atoms with Crippen molar-refractivity contribution in [3.8, 4) is 0 Å². The van der Waals surface area contributed by atoms with Crippen LogP contribution in [0.4, 0.5) is 17.6 Å². The number of azide groups is 1. The molecule has 1 rings (SSSR count). The van der Waals surface area contributed by atoms with Gasteiger partial charge in [-0.05, 0) is 5.53 Å². The molecule has 2 N–H and O–H groups in total. The molecular formula is C9H7F4N3O2. The van der Waals surface area contributed by atoms with Gasteiger partial charge in [0.25, 0.3) is 0 Å². The summed E-state index contributed by atoms with van der Waals surface area (Å²) in [7, 11) is 0. The Balaban J connectivity index is 3.19. The van der Waals surface area contributed by atoms with Crippen molar-refractivity contribution in [1.29, 1.82) is 0 Å². The topological polar surface area (TPSA) is 89.2 Å². The van der Waals surface area contributed by atoms with E-state index in [4.69, 9.17) is 5.53 Å². The molecule has 0 spiro atoms. The molecule has 0 aromatic heterocycles. The zero-order valence-electron chi connectivity index (χ0n) is 8.69. The van der Waals surface area contributed by atoms with Gasteiger partial charge >= 0.3 is 0 Å². The molecule has 9 heteroatoms. The summed E-state index contributed by atoms with van der Waals surface area (Å²) in [6, 6.07) is -0.0271. The fourth-order valence-corrected chi connectivity index (χ4v) is 1.26. The van der Waals surface area contributed by atoms with Gasteiger partial charge in [0.05, 0.1) is 18.2 Å². The van der Waals surface area contributed by atoms with Crippen LogP contribution >= 0.6 is 0 Å². The number of halogens is 4. The van der Waals surface area contributed by atoms with E-state index < -0.39 is 47.6 Å². The fraction of sp³-hybridized carbons (Fsp3) is 0.333. The Labute approximate surface area is 97.9 Å². The largest absolute Gasteiger partial charge is 0.390 e. The first-order chi connectivity index (χ1) is 8.40. The van der Waals surface area contributed by atoms with E-state index >= 15 is 0 Å². The summed E-state index contributed by atoms with van der Waals surface area (Å²) in [5.74, 6) is -7.05. The standard InChI is InChI=1S/C9H7F4N3O2/c10-3-1-4(11)8(13)6(7(3)12)9(18)5(17)2-15-16-14/h1,5,9,17-18H,2H2. The Kier molecular flexibility index (Phi) is 4.49. The van der Waals surface area contributed by atoms with Crippen molar-refractivity contribution in [2.45, 2.75) is 12.2 Å². The molecule has 0 aliphatic rings. The number of rotatable bonds is 4. The molecule has 2 atom stereocenters. The molecule has 98 valence electrons. The molecule has 0 heterocycles. The lowest BCUT2D eigenvalue weighted by molar-refractivity contribution is 0.0190. The first-order valence-corrected chi connectivity index (χ1v) is 4.60. The van der Waals surface area contributed by atoms with Crippen LogP contribution in [-0.2, 0) is 0 Å². The van der Waals surface area contributed by atoms with Crippen molar-refractivity contribution in [2.75, 3.05) is 6.54 Å². The number of aliphatic hydroxyl groups is 2. The van der Waals surface area contributed by atoms with Gasteiger partial charge in [-0.25, -0.2) is 17.6 Å². The highest BCUT2D eigenvalue weighted by Crippen LogP contribution is 2.27. The number of hydrogen-bond donors (Lipinski definition) is 2. The van der Waals surface area contributed by atoms with Crippen molar-refractivity contribution in [3.05, 3.63) is 45.3 Å². The monoisotopic (exact) mass is 265 g/mol. The van der Waals surface area contributed by atoms with Crippen LogP contribution in [0.2, 0.25) is 0 Å². The average molecular weight is 265 g/mol. The van der Waals surface area contributed by atoms with Crippen LogP contribution in [0.5, 0.6) is 0 Å². The van der Waals surface area contributed by atoms with Gasteiger partial charge in [0, 0.05) is 11.0 Å². The average Bonchev–Trinajstić information content (AvgIpc) is 2.33. The van der Waals surface area contributed by atoms with E-state index in [0.29, 0.717) is 0 Å². The molecule has 0 saturated heterocycles. The van der Waals surface area contributed by atoms with Gasteiger partial charge in [0.15, 0.2) is 23.3 Å². The Morgan fingerprint density at radius 3 is 2.11 bits per heavy atom. The van der Waals surface area contributed by atoms with Crippen LogP contribution in [0.3, 0.4) is 0 Å². The Morgan fingerprint density at radius 1 is 1.17 bits per heavy atom. The highest BCUT2D eigenvalue weighted by Gasteiger charge is 2.29. The summed E-state index contributed by atoms with van der Waals surface area (Å²) in [5.41, 5.74) is 6.61. The molecule has 18 heavy (non-hydrogen) atoms. The molecule has 0 bridgehead atoms. The molecule has 1 aromatic rings. The Bertz CT molecular complexity index is 479. The molecule has 0 radical (unpaired) electrons. The number of hydrogen-bond acceptors (Lipinski definition) is 3. The van der Waals surface area contributed by atoms with E-state index in [2.05, 4.69) is 10.0 Å². The van der Waals surface area contributed by atoms with Crippen LogP contribution < -0.4 is 0 Å². The molecule has 0 aliphatic carbocycles. The Morgan fingerprint density at radius 2 is 1.67 bits per heavy atom. The highest BCUT2D eigenvalue weighted by atomic mass is 19.2. The number of nitrogens with zero attached hydrogens (tertiary/aromatic N) is 3. The third-order valence-electron chi connectivity index (χ3n) is 2.14. The summed E-state index contributed by atoms with van der Waals surface area (Å²) in [6.45, 7) is -0.714. The minimum atomic E-state index is -2.26. The lowest BCUT2D eigenvalue weighted by atomic mass is 10.0. The SMILES string of the molecule is [N-]=[N+]=NCC(O)C(O)c1c(F)c(F)cc(F)c1F. The van der Waals surface area contributed by atoms with E-state index in [0.717, 1.165) is 0 Å². The summed E-state index contributed by atoms with van der Waals surface area (Å²) in [6.07, 6.45) is -4.16. The summed E-state index contributed by atoms with van der Waals surface area (Å²) in [4.78, 5) is 2.25. The molecule has 2 unspecified atom stereocenters. The molecule has 1 aromatic carbocycles. The smallest absolute Gasteiger partial charge is 0.167 e. The van der Waals surface area contributed by atoms with Crippen LogP contribution in [0.25, 0.3) is 10.4 Å². The van der Waals surface area contributed by atoms with Crippen LogP contribution in [0.15, 0.2) is 11.2 Å². The van der Waals surface area contributed by atoms with Gasteiger partial charge in [-0.15, -0.1) is 0 Å². The van der Waals surface area contributed by atoms with Crippen molar-refractivity contribution in [2.24, 2.45) is 5.11 Å². The normalized spacial score (nSPS) is 13.9. The van der Waals surface area contributed by atoms with Crippen molar-refractivity contribution in [3.63, 3.8) is 0 Å². The Hall–Kier alpha value is -1.83. The minimum Gasteiger partial charge on any atom is -0.390 e. The lowest BCUT2D eigenvalue weighted by Gasteiger charge is -2.17. The first kappa shape index (κ1) is 14.2. The molecule has 0 amide bonds. The maximum atomic E-state index is 13.2. The summed E-state index contributed by atoms with van der Waals surface area (Å²) >= 11 is 0. The van der Waals surface area contributed by atoms with Gasteiger partial charge in [0.2, 0.25) is 0 Å².